The van der Waals surface area contributed by atoms with Crippen molar-refractivity contribution >= 4 is 5.91 Å². The Balaban J connectivity index is 1.91. The molecule has 23 heavy (non-hydrogen) atoms. The van der Waals surface area contributed by atoms with Crippen molar-refractivity contribution in [1.29, 1.82) is 0 Å². The number of carbonyl (C=O) groups excluding carboxylic acids is 1. The molecular formula is C17H22N4O2. The molecule has 122 valence electrons. The van der Waals surface area contributed by atoms with Crippen LogP contribution in [0.5, 0.6) is 5.75 Å². The molecule has 1 aromatic heterocycles. The molecule has 1 amide bonds. The van der Waals surface area contributed by atoms with Gasteiger partial charge in [-0.1, -0.05) is 0 Å². The number of nitrogens with one attached hydrogen (secondary N) is 1. The molecule has 2 heterocycles. The molecule has 1 atom stereocenters. The highest BCUT2D eigenvalue weighted by Gasteiger charge is 2.31. The third-order valence-electron chi connectivity index (χ3n) is 4.32. The summed E-state index contributed by atoms with van der Waals surface area (Å²) in [4.78, 5) is 19.4. The first-order valence-corrected chi connectivity index (χ1v) is 7.75. The van der Waals surface area contributed by atoms with Crippen LogP contribution in [0.1, 0.15) is 27.8 Å². The van der Waals surface area contributed by atoms with Crippen molar-refractivity contribution < 1.29 is 9.53 Å². The van der Waals surface area contributed by atoms with Gasteiger partial charge in [0.05, 0.1) is 7.11 Å². The third kappa shape index (κ3) is 2.94. The van der Waals surface area contributed by atoms with Gasteiger partial charge in [-0.25, -0.2) is 4.98 Å². The molecule has 1 aliphatic heterocycles. The second kappa shape index (κ2) is 6.42. The molecule has 0 radical (unpaired) electrons. The van der Waals surface area contributed by atoms with Gasteiger partial charge in [0.15, 0.2) is 0 Å². The van der Waals surface area contributed by atoms with E-state index in [9.17, 15) is 4.79 Å². The average Bonchev–Trinajstić information content (AvgIpc) is 3.00. The summed E-state index contributed by atoms with van der Waals surface area (Å²) in [6.45, 7) is 4.11. The molecule has 1 aliphatic rings. The maximum Gasteiger partial charge on any atom is 0.254 e. The first-order valence-electron chi connectivity index (χ1n) is 7.75. The van der Waals surface area contributed by atoms with Crippen molar-refractivity contribution in [1.82, 2.24) is 19.8 Å². The summed E-state index contributed by atoms with van der Waals surface area (Å²) in [6.07, 6.45) is 3.68. The van der Waals surface area contributed by atoms with E-state index in [4.69, 9.17) is 4.74 Å². The SMILES string of the molecule is COc1ccc(C(=O)N2CCNCC2c2nccn2C)c(C)c1. The lowest BCUT2D eigenvalue weighted by atomic mass is 10.0. The number of aryl methyl sites for hydroxylation is 2. The van der Waals surface area contributed by atoms with Crippen LogP contribution in [0.2, 0.25) is 0 Å². The van der Waals surface area contributed by atoms with Gasteiger partial charge in [-0.2, -0.15) is 0 Å². The number of methoxy groups -OCH3 is 1. The summed E-state index contributed by atoms with van der Waals surface area (Å²) in [6, 6.07) is 5.51. The van der Waals surface area contributed by atoms with Gasteiger partial charge in [0.1, 0.15) is 17.6 Å². The van der Waals surface area contributed by atoms with Crippen molar-refractivity contribution in [3.8, 4) is 5.75 Å². The molecule has 2 aromatic rings. The topological polar surface area (TPSA) is 59.4 Å². The fourth-order valence-corrected chi connectivity index (χ4v) is 3.03. The maximum absolute atomic E-state index is 13.1. The van der Waals surface area contributed by atoms with E-state index in [2.05, 4.69) is 10.3 Å². The van der Waals surface area contributed by atoms with Gasteiger partial charge in [0.2, 0.25) is 0 Å². The molecule has 0 saturated carbocycles. The van der Waals surface area contributed by atoms with Gasteiger partial charge in [-0.15, -0.1) is 0 Å². The Hall–Kier alpha value is -2.34. The number of hydrogen-bond donors (Lipinski definition) is 1. The first kappa shape index (κ1) is 15.6. The van der Waals surface area contributed by atoms with Gasteiger partial charge in [-0.05, 0) is 30.7 Å². The Kier molecular flexibility index (Phi) is 4.34. The van der Waals surface area contributed by atoms with Gasteiger partial charge < -0.3 is 19.5 Å². The standard InChI is InChI=1S/C17H22N4O2/c1-12-10-13(23-3)4-5-14(12)17(22)21-9-6-18-11-15(21)16-19-7-8-20(16)2/h4-5,7-8,10,15,18H,6,9,11H2,1-3H3. The van der Waals surface area contributed by atoms with Crippen molar-refractivity contribution in [3.05, 3.63) is 47.5 Å². The fraction of sp³-hybridized carbons (Fsp3) is 0.412. The van der Waals surface area contributed by atoms with Crippen LogP contribution >= 0.6 is 0 Å². The Morgan fingerprint density at radius 3 is 2.91 bits per heavy atom. The number of benzene rings is 1. The van der Waals surface area contributed by atoms with Crippen LogP contribution in [-0.4, -0.2) is 47.1 Å². The van der Waals surface area contributed by atoms with Crippen LogP contribution in [-0.2, 0) is 7.05 Å². The Morgan fingerprint density at radius 1 is 1.43 bits per heavy atom. The number of rotatable bonds is 3. The highest BCUT2D eigenvalue weighted by molar-refractivity contribution is 5.96. The molecule has 6 nitrogen and oxygen atoms in total. The second-order valence-electron chi connectivity index (χ2n) is 5.80. The minimum atomic E-state index is -0.0576. The molecule has 0 aliphatic carbocycles. The van der Waals surface area contributed by atoms with Crippen molar-refractivity contribution in [2.24, 2.45) is 7.05 Å². The number of carbonyl (C=O) groups is 1. The molecule has 1 fully saturated rings. The number of piperazine rings is 1. The lowest BCUT2D eigenvalue weighted by Gasteiger charge is -2.36. The van der Waals surface area contributed by atoms with Crippen LogP contribution in [0, 0.1) is 6.92 Å². The quantitative estimate of drug-likeness (QED) is 0.933. The summed E-state index contributed by atoms with van der Waals surface area (Å²) < 4.78 is 7.19. The van der Waals surface area contributed by atoms with Crippen molar-refractivity contribution in [2.75, 3.05) is 26.7 Å². The number of ether oxygens (including phenoxy) is 1. The van der Waals surface area contributed by atoms with Crippen LogP contribution in [0.4, 0.5) is 0 Å². The van der Waals surface area contributed by atoms with Crippen LogP contribution in [0.25, 0.3) is 0 Å². The highest BCUT2D eigenvalue weighted by Crippen LogP contribution is 2.25. The second-order valence-corrected chi connectivity index (χ2v) is 5.80. The number of hydrogen-bond acceptors (Lipinski definition) is 4. The average molecular weight is 314 g/mol. The number of nitrogens with zero attached hydrogens (tertiary/aromatic N) is 3. The predicted molar refractivity (Wildman–Crippen MR) is 87.6 cm³/mol. The normalized spacial score (nSPS) is 18.0. The largest absolute Gasteiger partial charge is 0.497 e. The third-order valence-corrected chi connectivity index (χ3v) is 4.32. The van der Waals surface area contributed by atoms with E-state index in [1.165, 1.54) is 0 Å². The predicted octanol–water partition coefficient (Wildman–Crippen LogP) is 1.52. The molecule has 6 heteroatoms. The molecule has 1 unspecified atom stereocenters. The van der Waals surface area contributed by atoms with Gasteiger partial charge in [0, 0.05) is 44.6 Å². The summed E-state index contributed by atoms with van der Waals surface area (Å²) in [5.74, 6) is 1.70. The summed E-state index contributed by atoms with van der Waals surface area (Å²) in [7, 11) is 3.59. The maximum atomic E-state index is 13.1. The van der Waals surface area contributed by atoms with Crippen molar-refractivity contribution in [2.45, 2.75) is 13.0 Å². The van der Waals surface area contributed by atoms with Crippen LogP contribution in [0.15, 0.2) is 30.6 Å². The van der Waals surface area contributed by atoms with E-state index in [1.54, 1.807) is 13.3 Å². The smallest absolute Gasteiger partial charge is 0.254 e. The van der Waals surface area contributed by atoms with Crippen LogP contribution in [0.3, 0.4) is 0 Å². The van der Waals surface area contributed by atoms with E-state index in [1.807, 2.05) is 47.8 Å². The van der Waals surface area contributed by atoms with E-state index in [0.717, 1.165) is 23.7 Å². The number of aromatic nitrogens is 2. The zero-order chi connectivity index (χ0) is 16.4. The minimum Gasteiger partial charge on any atom is -0.497 e. The Labute approximate surface area is 136 Å². The van der Waals surface area contributed by atoms with Gasteiger partial charge >= 0.3 is 0 Å². The van der Waals surface area contributed by atoms with E-state index >= 15 is 0 Å². The monoisotopic (exact) mass is 314 g/mol. The zero-order valence-corrected chi connectivity index (χ0v) is 13.7. The molecule has 1 aromatic carbocycles. The zero-order valence-electron chi connectivity index (χ0n) is 13.7. The lowest BCUT2D eigenvalue weighted by molar-refractivity contribution is 0.0620. The van der Waals surface area contributed by atoms with Gasteiger partial charge in [0.25, 0.3) is 5.91 Å². The number of amides is 1. The first-order chi connectivity index (χ1) is 11.1. The summed E-state index contributed by atoms with van der Waals surface area (Å²) in [5.41, 5.74) is 1.64. The molecule has 0 bridgehead atoms. The number of imidazole rings is 1. The summed E-state index contributed by atoms with van der Waals surface area (Å²) >= 11 is 0. The Bertz CT molecular complexity index is 710. The molecule has 1 saturated heterocycles. The fourth-order valence-electron chi connectivity index (χ4n) is 3.03. The van der Waals surface area contributed by atoms with Gasteiger partial charge in [-0.3, -0.25) is 4.79 Å². The van der Waals surface area contributed by atoms with Crippen LogP contribution < -0.4 is 10.1 Å². The van der Waals surface area contributed by atoms with E-state index in [0.29, 0.717) is 18.7 Å². The lowest BCUT2D eigenvalue weighted by Crippen LogP contribution is -2.49. The van der Waals surface area contributed by atoms with E-state index < -0.39 is 0 Å². The highest BCUT2D eigenvalue weighted by atomic mass is 16.5. The van der Waals surface area contributed by atoms with Crippen molar-refractivity contribution in [3.63, 3.8) is 0 Å². The minimum absolute atomic E-state index is 0.0413. The molecule has 3 rings (SSSR count). The Morgan fingerprint density at radius 2 is 2.26 bits per heavy atom. The molecule has 0 spiro atoms. The summed E-state index contributed by atoms with van der Waals surface area (Å²) in [5, 5.41) is 3.35. The van der Waals surface area contributed by atoms with E-state index in [-0.39, 0.29) is 11.9 Å². The molecular weight excluding hydrogens is 292 g/mol. The molecule has 1 N–H and O–H groups in total.